The normalized spacial score (nSPS) is 10.8. The Bertz CT molecular complexity index is 463. The van der Waals surface area contributed by atoms with Gasteiger partial charge in [0.2, 0.25) is 11.8 Å². The van der Waals surface area contributed by atoms with Gasteiger partial charge in [0.25, 0.3) is 0 Å². The first-order chi connectivity index (χ1) is 11.2. The topological polar surface area (TPSA) is 111 Å². The summed E-state index contributed by atoms with van der Waals surface area (Å²) in [7, 11) is 2.58. The smallest absolute Gasteiger partial charge is 0.332 e. The minimum Gasteiger partial charge on any atom is -0.466 e. The van der Waals surface area contributed by atoms with Gasteiger partial charge in [0.1, 0.15) is 0 Å². The van der Waals surface area contributed by atoms with Gasteiger partial charge >= 0.3 is 11.9 Å². The Morgan fingerprint density at radius 2 is 1.04 bits per heavy atom. The zero-order chi connectivity index (χ0) is 19.1. The van der Waals surface area contributed by atoms with E-state index in [-0.39, 0.29) is 11.8 Å². The van der Waals surface area contributed by atoms with Gasteiger partial charge < -0.3 is 20.1 Å². The number of rotatable bonds is 6. The summed E-state index contributed by atoms with van der Waals surface area (Å²) in [6.45, 7) is 6.46. The van der Waals surface area contributed by atoms with Crippen LogP contribution in [0.25, 0.3) is 0 Å². The van der Waals surface area contributed by atoms with Crippen LogP contribution in [0.5, 0.6) is 0 Å². The van der Waals surface area contributed by atoms with Gasteiger partial charge in [-0.25, -0.2) is 9.59 Å². The van der Waals surface area contributed by atoms with Crippen LogP contribution >= 0.6 is 0 Å². The fraction of sp³-hybridized carbons (Fsp3) is 0.500. The molecule has 0 rings (SSSR count). The fourth-order valence-corrected chi connectivity index (χ4v) is 1.31. The number of carbonyl (C=O) groups excluding carboxylic acids is 4. The average Bonchev–Trinajstić information content (AvgIpc) is 2.52. The molecule has 0 atom stereocenters. The van der Waals surface area contributed by atoms with Crippen molar-refractivity contribution in [3.8, 4) is 0 Å². The van der Waals surface area contributed by atoms with Crippen LogP contribution in [0.2, 0.25) is 0 Å². The first-order valence-corrected chi connectivity index (χ1v) is 7.32. The Morgan fingerprint density at radius 3 is 1.21 bits per heavy atom. The van der Waals surface area contributed by atoms with E-state index in [1.54, 1.807) is 0 Å². The molecule has 0 spiro atoms. The summed E-state index contributed by atoms with van der Waals surface area (Å²) in [4.78, 5) is 42.6. The van der Waals surface area contributed by atoms with Crippen LogP contribution in [0, 0.1) is 0 Å². The summed E-state index contributed by atoms with van der Waals surface area (Å²) in [6, 6.07) is 0. The highest BCUT2D eigenvalue weighted by Gasteiger charge is 2.01. The fourth-order valence-electron chi connectivity index (χ4n) is 1.31. The lowest BCUT2D eigenvalue weighted by atomic mass is 10.3. The monoisotopic (exact) mass is 342 g/mol. The van der Waals surface area contributed by atoms with Crippen molar-refractivity contribution >= 4 is 23.8 Å². The Morgan fingerprint density at radius 1 is 0.750 bits per heavy atom. The van der Waals surface area contributed by atoms with Crippen molar-refractivity contribution in [1.82, 2.24) is 10.6 Å². The zero-order valence-electron chi connectivity index (χ0n) is 15.0. The third-order valence-corrected chi connectivity index (χ3v) is 2.42. The van der Waals surface area contributed by atoms with Crippen LogP contribution < -0.4 is 10.6 Å². The van der Waals surface area contributed by atoms with Crippen LogP contribution in [-0.2, 0) is 28.7 Å². The van der Waals surface area contributed by atoms with Crippen LogP contribution in [-0.4, -0.2) is 38.0 Å². The summed E-state index contributed by atoms with van der Waals surface area (Å²) in [5, 5.41) is 5.03. The van der Waals surface area contributed by atoms with Crippen LogP contribution in [0.1, 0.15) is 40.5 Å². The molecule has 0 unspecified atom stereocenters. The Hall–Kier alpha value is -2.64. The van der Waals surface area contributed by atoms with Crippen molar-refractivity contribution in [1.29, 1.82) is 0 Å². The summed E-state index contributed by atoms with van der Waals surface area (Å²) >= 11 is 0. The number of nitrogens with one attached hydrogen (secondary N) is 2. The average molecular weight is 342 g/mol. The van der Waals surface area contributed by atoms with Gasteiger partial charge in [-0.15, -0.1) is 0 Å². The van der Waals surface area contributed by atoms with Gasteiger partial charge in [-0.05, 0) is 12.8 Å². The van der Waals surface area contributed by atoms with E-state index in [4.69, 9.17) is 0 Å². The van der Waals surface area contributed by atoms with Gasteiger partial charge in [0.15, 0.2) is 0 Å². The largest absolute Gasteiger partial charge is 0.466 e. The highest BCUT2D eigenvalue weighted by Crippen LogP contribution is 1.96. The Balaban J connectivity index is 0. The SMILES string of the molecule is CC/C(=C\C(=O)OC)NC(C)=O.CC/C(=C\C(=O)OC)NC(C)=O. The molecule has 0 aliphatic heterocycles. The quantitative estimate of drug-likeness (QED) is 0.554. The first-order valence-electron chi connectivity index (χ1n) is 7.32. The number of hydrogen-bond acceptors (Lipinski definition) is 6. The second-order valence-electron chi connectivity index (χ2n) is 4.45. The molecule has 0 aromatic rings. The molecule has 0 saturated carbocycles. The molecule has 0 aliphatic carbocycles. The third kappa shape index (κ3) is 14.3. The molecule has 0 heterocycles. The summed E-state index contributed by atoms with van der Waals surface area (Å²) in [5.41, 5.74) is 1.13. The molecular weight excluding hydrogens is 316 g/mol. The van der Waals surface area contributed by atoms with E-state index in [1.807, 2.05) is 13.8 Å². The predicted octanol–water partition coefficient (Wildman–Crippen LogP) is 1.18. The number of methoxy groups -OCH3 is 2. The van der Waals surface area contributed by atoms with Crippen LogP contribution in [0.4, 0.5) is 0 Å². The van der Waals surface area contributed by atoms with Gasteiger partial charge in [-0.2, -0.15) is 0 Å². The number of amides is 2. The second kappa shape index (κ2) is 14.0. The second-order valence-corrected chi connectivity index (χ2v) is 4.45. The number of carbonyl (C=O) groups is 4. The Labute approximate surface area is 142 Å². The molecule has 0 aromatic heterocycles. The molecule has 8 nitrogen and oxygen atoms in total. The van der Waals surface area contributed by atoms with E-state index in [0.29, 0.717) is 24.2 Å². The van der Waals surface area contributed by atoms with Crippen LogP contribution in [0.15, 0.2) is 23.5 Å². The first kappa shape index (κ1) is 23.6. The summed E-state index contributed by atoms with van der Waals surface area (Å²) < 4.78 is 8.79. The molecular formula is C16H26N2O6. The van der Waals surface area contributed by atoms with Crippen molar-refractivity contribution in [2.24, 2.45) is 0 Å². The van der Waals surface area contributed by atoms with Crippen molar-refractivity contribution in [2.75, 3.05) is 14.2 Å². The lowest BCUT2D eigenvalue weighted by Gasteiger charge is -2.03. The minimum atomic E-state index is -0.458. The molecule has 0 aliphatic rings. The van der Waals surface area contributed by atoms with Crippen molar-refractivity contribution in [3.05, 3.63) is 23.5 Å². The summed E-state index contributed by atoms with van der Waals surface area (Å²) in [5.74, 6) is -1.29. The van der Waals surface area contributed by atoms with Crippen molar-refractivity contribution in [2.45, 2.75) is 40.5 Å². The highest BCUT2D eigenvalue weighted by atomic mass is 16.5. The van der Waals surface area contributed by atoms with Gasteiger partial charge in [-0.3, -0.25) is 9.59 Å². The molecule has 0 bridgehead atoms. The van der Waals surface area contributed by atoms with E-state index in [1.165, 1.54) is 40.2 Å². The molecule has 2 N–H and O–H groups in total. The molecule has 0 fully saturated rings. The van der Waals surface area contributed by atoms with Crippen molar-refractivity contribution < 1.29 is 28.7 Å². The lowest BCUT2D eigenvalue weighted by molar-refractivity contribution is -0.135. The van der Waals surface area contributed by atoms with E-state index in [9.17, 15) is 19.2 Å². The molecule has 0 aromatic carbocycles. The standard InChI is InChI=1S/2C8H13NO3/c2*1-4-7(9-6(2)10)5-8(11)12-3/h2*5H,4H2,1-3H3,(H,9,10)/b2*7-5+. The molecule has 8 heteroatoms. The molecule has 24 heavy (non-hydrogen) atoms. The zero-order valence-corrected chi connectivity index (χ0v) is 15.0. The van der Waals surface area contributed by atoms with Gasteiger partial charge in [0, 0.05) is 37.4 Å². The maximum Gasteiger partial charge on any atom is 0.332 e. The van der Waals surface area contributed by atoms with Gasteiger partial charge in [-0.1, -0.05) is 13.8 Å². The van der Waals surface area contributed by atoms with Gasteiger partial charge in [0.05, 0.1) is 14.2 Å². The summed E-state index contributed by atoms with van der Waals surface area (Å²) in [6.07, 6.45) is 3.71. The highest BCUT2D eigenvalue weighted by molar-refractivity contribution is 5.85. The van der Waals surface area contributed by atoms with E-state index >= 15 is 0 Å². The molecule has 0 radical (unpaired) electrons. The van der Waals surface area contributed by atoms with E-state index < -0.39 is 11.9 Å². The van der Waals surface area contributed by atoms with E-state index in [2.05, 4.69) is 20.1 Å². The molecule has 136 valence electrons. The molecule has 0 saturated heterocycles. The number of hydrogen-bond donors (Lipinski definition) is 2. The lowest BCUT2D eigenvalue weighted by Crippen LogP contribution is -2.19. The molecule has 2 amide bonds. The predicted molar refractivity (Wildman–Crippen MR) is 88.4 cm³/mol. The maximum absolute atomic E-state index is 10.7. The number of allylic oxidation sites excluding steroid dienone is 2. The number of ether oxygens (including phenoxy) is 2. The Kier molecular flexibility index (Phi) is 13.8. The van der Waals surface area contributed by atoms with E-state index in [0.717, 1.165) is 0 Å². The number of esters is 2. The van der Waals surface area contributed by atoms with Crippen molar-refractivity contribution in [3.63, 3.8) is 0 Å². The minimum absolute atomic E-state index is 0.188. The van der Waals surface area contributed by atoms with Crippen LogP contribution in [0.3, 0.4) is 0 Å². The maximum atomic E-state index is 10.7. The third-order valence-electron chi connectivity index (χ3n) is 2.42.